The smallest absolute Gasteiger partial charge is 0.191 e. The third kappa shape index (κ3) is 3.19. The fourth-order valence-electron chi connectivity index (χ4n) is 7.09. The molecule has 5 fully saturated rings. The Morgan fingerprint density at radius 2 is 1.70 bits per heavy atom. The number of rotatable bonds is 3. The second-order valence-corrected chi connectivity index (χ2v) is 9.77. The normalized spacial score (nSPS) is 37.5. The summed E-state index contributed by atoms with van der Waals surface area (Å²) in [5.74, 6) is 1.74. The van der Waals surface area contributed by atoms with Crippen molar-refractivity contribution >= 4 is 5.96 Å². The largest absolute Gasteiger partial charge is 0.377 e. The summed E-state index contributed by atoms with van der Waals surface area (Å²) in [6.45, 7) is 3.47. The highest BCUT2D eigenvalue weighted by Crippen LogP contribution is 2.60. The Balaban J connectivity index is 1.16. The first-order valence-corrected chi connectivity index (χ1v) is 11.7. The fourth-order valence-corrected chi connectivity index (χ4v) is 7.09. The molecule has 0 aromatic carbocycles. The molecule has 152 valence electrons. The van der Waals surface area contributed by atoms with E-state index in [2.05, 4.69) is 20.5 Å². The van der Waals surface area contributed by atoms with Crippen LogP contribution in [0.2, 0.25) is 0 Å². The number of nitrogens with one attached hydrogen (secondary N) is 2. The van der Waals surface area contributed by atoms with Gasteiger partial charge in [0.1, 0.15) is 0 Å². The number of ether oxygens (including phenoxy) is 1. The Morgan fingerprint density at radius 1 is 0.963 bits per heavy atom. The number of nitrogens with zero attached hydrogens (tertiary/aromatic N) is 2. The fraction of sp³-hybridized carbons (Fsp3) is 0.955. The minimum Gasteiger partial charge on any atom is -0.377 e. The molecule has 2 heterocycles. The minimum absolute atomic E-state index is 0.393. The van der Waals surface area contributed by atoms with Gasteiger partial charge >= 0.3 is 0 Å². The van der Waals surface area contributed by atoms with Crippen LogP contribution < -0.4 is 10.6 Å². The Kier molecular flexibility index (Phi) is 5.10. The van der Waals surface area contributed by atoms with Crippen molar-refractivity contribution in [3.05, 3.63) is 0 Å². The number of hydrogen-bond donors (Lipinski definition) is 2. The summed E-state index contributed by atoms with van der Waals surface area (Å²) in [5.41, 5.74) is 0.393. The molecular formula is C22H38N4O. The van der Waals surface area contributed by atoms with Crippen LogP contribution in [0.15, 0.2) is 4.99 Å². The lowest BCUT2D eigenvalue weighted by atomic mass is 9.54. The first kappa shape index (κ1) is 18.2. The van der Waals surface area contributed by atoms with Gasteiger partial charge in [0.2, 0.25) is 0 Å². The van der Waals surface area contributed by atoms with E-state index in [0.717, 1.165) is 18.6 Å². The second kappa shape index (κ2) is 7.55. The quantitative estimate of drug-likeness (QED) is 0.589. The van der Waals surface area contributed by atoms with Gasteiger partial charge in [0.15, 0.2) is 5.96 Å². The number of fused-ring (bicyclic) bond motifs is 2. The average Bonchev–Trinajstić information content (AvgIpc) is 3.46. The van der Waals surface area contributed by atoms with Crippen molar-refractivity contribution in [2.75, 3.05) is 26.7 Å². The first-order valence-electron chi connectivity index (χ1n) is 11.7. The Labute approximate surface area is 164 Å². The van der Waals surface area contributed by atoms with Crippen LogP contribution in [0.3, 0.4) is 0 Å². The molecule has 0 aromatic heterocycles. The zero-order chi connectivity index (χ0) is 18.3. The molecule has 3 atom stereocenters. The molecule has 0 aromatic rings. The number of piperidine rings is 1. The molecule has 0 amide bonds. The molecule has 5 heteroatoms. The number of likely N-dealkylation sites (tertiary alicyclic amines) is 1. The molecule has 3 saturated carbocycles. The predicted molar refractivity (Wildman–Crippen MR) is 109 cm³/mol. The van der Waals surface area contributed by atoms with E-state index in [1.54, 1.807) is 0 Å². The van der Waals surface area contributed by atoms with Gasteiger partial charge in [-0.25, -0.2) is 0 Å². The van der Waals surface area contributed by atoms with Crippen molar-refractivity contribution in [2.24, 2.45) is 16.3 Å². The maximum atomic E-state index is 6.14. The summed E-state index contributed by atoms with van der Waals surface area (Å²) in [7, 11) is 1.94. The van der Waals surface area contributed by atoms with Gasteiger partial charge in [0, 0.05) is 56.2 Å². The van der Waals surface area contributed by atoms with Crippen molar-refractivity contribution in [3.8, 4) is 0 Å². The van der Waals surface area contributed by atoms with E-state index in [4.69, 9.17) is 4.74 Å². The Morgan fingerprint density at radius 3 is 2.41 bits per heavy atom. The zero-order valence-corrected chi connectivity index (χ0v) is 17.1. The van der Waals surface area contributed by atoms with Crippen molar-refractivity contribution in [2.45, 2.75) is 94.9 Å². The van der Waals surface area contributed by atoms with Gasteiger partial charge in [-0.2, -0.15) is 0 Å². The molecule has 2 aliphatic heterocycles. The predicted octanol–water partition coefficient (Wildman–Crippen LogP) is 2.91. The average molecular weight is 375 g/mol. The maximum Gasteiger partial charge on any atom is 0.191 e. The third-order valence-corrected chi connectivity index (χ3v) is 8.51. The standard InChI is InChI=1S/C22H38N4O/c1-23-21(24-16-8-13-26(14-9-16)17-6-2-3-7-17)25-19-18-10-15-27-20(18)22(19)11-4-5-12-22/h16-20H,2-15H2,1H3,(H2,23,24,25). The molecular weight excluding hydrogens is 336 g/mol. The third-order valence-electron chi connectivity index (χ3n) is 8.51. The summed E-state index contributed by atoms with van der Waals surface area (Å²) in [5, 5.41) is 7.64. The zero-order valence-electron chi connectivity index (χ0n) is 17.1. The maximum absolute atomic E-state index is 6.14. The SMILES string of the molecule is CN=C(NC1CCN(C2CCCC2)CC1)NC1C2CCOC2C12CCCC2. The first-order chi connectivity index (χ1) is 13.3. The molecule has 5 nitrogen and oxygen atoms in total. The lowest BCUT2D eigenvalue weighted by Crippen LogP contribution is -2.69. The molecule has 3 unspecified atom stereocenters. The van der Waals surface area contributed by atoms with Crippen molar-refractivity contribution in [3.63, 3.8) is 0 Å². The van der Waals surface area contributed by atoms with E-state index in [9.17, 15) is 0 Å². The van der Waals surface area contributed by atoms with Gasteiger partial charge < -0.3 is 20.3 Å². The highest BCUT2D eigenvalue weighted by molar-refractivity contribution is 5.80. The molecule has 5 rings (SSSR count). The van der Waals surface area contributed by atoms with Crippen LogP contribution >= 0.6 is 0 Å². The second-order valence-electron chi connectivity index (χ2n) is 9.77. The molecule has 2 N–H and O–H groups in total. The van der Waals surface area contributed by atoms with Crippen LogP contribution in [0.5, 0.6) is 0 Å². The topological polar surface area (TPSA) is 48.9 Å². The van der Waals surface area contributed by atoms with Crippen LogP contribution in [0.1, 0.15) is 70.6 Å². The van der Waals surface area contributed by atoms with Crippen LogP contribution in [0.4, 0.5) is 0 Å². The van der Waals surface area contributed by atoms with E-state index in [1.807, 2.05) is 7.05 Å². The van der Waals surface area contributed by atoms with Crippen LogP contribution in [0, 0.1) is 11.3 Å². The van der Waals surface area contributed by atoms with Gasteiger partial charge in [-0.1, -0.05) is 25.7 Å². The molecule has 1 spiro atoms. The summed E-state index contributed by atoms with van der Waals surface area (Å²) in [6, 6.07) is 2.02. The Bertz CT molecular complexity index is 545. The molecule has 2 saturated heterocycles. The van der Waals surface area contributed by atoms with Crippen LogP contribution in [-0.4, -0.2) is 61.8 Å². The van der Waals surface area contributed by atoms with E-state index < -0.39 is 0 Å². The summed E-state index contributed by atoms with van der Waals surface area (Å²) in [6.07, 6.45) is 15.4. The molecule has 0 bridgehead atoms. The summed E-state index contributed by atoms with van der Waals surface area (Å²) in [4.78, 5) is 7.36. The summed E-state index contributed by atoms with van der Waals surface area (Å²) < 4.78 is 6.14. The van der Waals surface area contributed by atoms with E-state index in [0.29, 0.717) is 29.5 Å². The van der Waals surface area contributed by atoms with Crippen molar-refractivity contribution < 1.29 is 4.74 Å². The molecule has 0 radical (unpaired) electrons. The molecule has 27 heavy (non-hydrogen) atoms. The van der Waals surface area contributed by atoms with E-state index in [-0.39, 0.29) is 0 Å². The number of hydrogen-bond acceptors (Lipinski definition) is 3. The highest BCUT2D eigenvalue weighted by atomic mass is 16.5. The molecule has 3 aliphatic carbocycles. The Hall–Kier alpha value is -0.810. The van der Waals surface area contributed by atoms with Crippen molar-refractivity contribution in [1.29, 1.82) is 0 Å². The van der Waals surface area contributed by atoms with Gasteiger partial charge in [0.05, 0.1) is 6.10 Å². The van der Waals surface area contributed by atoms with Gasteiger partial charge in [-0.05, 0) is 44.9 Å². The van der Waals surface area contributed by atoms with Crippen LogP contribution in [0.25, 0.3) is 0 Å². The lowest BCUT2D eigenvalue weighted by molar-refractivity contribution is -0.125. The monoisotopic (exact) mass is 374 g/mol. The number of guanidine groups is 1. The van der Waals surface area contributed by atoms with Gasteiger partial charge in [-0.15, -0.1) is 0 Å². The minimum atomic E-state index is 0.393. The summed E-state index contributed by atoms with van der Waals surface area (Å²) >= 11 is 0. The highest BCUT2D eigenvalue weighted by Gasteiger charge is 2.65. The van der Waals surface area contributed by atoms with Crippen LogP contribution in [-0.2, 0) is 4.74 Å². The number of aliphatic imine (C=N–C) groups is 1. The van der Waals surface area contributed by atoms with Crippen molar-refractivity contribution in [1.82, 2.24) is 15.5 Å². The van der Waals surface area contributed by atoms with Gasteiger partial charge in [-0.3, -0.25) is 4.99 Å². The van der Waals surface area contributed by atoms with Gasteiger partial charge in [0.25, 0.3) is 0 Å². The lowest BCUT2D eigenvalue weighted by Gasteiger charge is -2.57. The van der Waals surface area contributed by atoms with E-state index >= 15 is 0 Å². The van der Waals surface area contributed by atoms with E-state index in [1.165, 1.54) is 83.7 Å². The molecule has 5 aliphatic rings.